The molecule has 1 atom stereocenters. The van der Waals surface area contributed by atoms with Crippen molar-refractivity contribution in [2.45, 2.75) is 72.0 Å². The predicted octanol–water partition coefficient (Wildman–Crippen LogP) is 3.36. The van der Waals surface area contributed by atoms with E-state index >= 15 is 0 Å². The minimum atomic E-state index is 0.261. The molecule has 0 aliphatic carbocycles. The lowest BCUT2D eigenvalue weighted by molar-refractivity contribution is 0.147. The Morgan fingerprint density at radius 1 is 1.25 bits per heavy atom. The Kier molecular flexibility index (Phi) is 7.24. The average Bonchev–Trinajstić information content (AvgIpc) is 2.87. The summed E-state index contributed by atoms with van der Waals surface area (Å²) in [6, 6.07) is 1.18. The maximum Gasteiger partial charge on any atom is 0.0951 e. The quantitative estimate of drug-likeness (QED) is 0.706. The van der Waals surface area contributed by atoms with E-state index in [1.54, 1.807) is 0 Å². The molecule has 4 nitrogen and oxygen atoms in total. The van der Waals surface area contributed by atoms with E-state index < -0.39 is 0 Å². The second kappa shape index (κ2) is 8.42. The molecule has 0 saturated carbocycles. The van der Waals surface area contributed by atoms with Crippen molar-refractivity contribution in [3.05, 3.63) is 18.2 Å². The lowest BCUT2D eigenvalue weighted by Crippen LogP contribution is -2.40. The van der Waals surface area contributed by atoms with Crippen LogP contribution in [0.25, 0.3) is 0 Å². The predicted molar refractivity (Wildman–Crippen MR) is 85.8 cm³/mol. The maximum atomic E-state index is 6.09. The first-order valence-electron chi connectivity index (χ1n) is 8.00. The number of nitrogens with two attached hydrogens (primary N) is 1. The van der Waals surface area contributed by atoms with Gasteiger partial charge < -0.3 is 10.3 Å². The van der Waals surface area contributed by atoms with Gasteiger partial charge in [-0.3, -0.25) is 4.90 Å². The summed E-state index contributed by atoms with van der Waals surface area (Å²) in [5.41, 5.74) is 7.34. The van der Waals surface area contributed by atoms with Crippen molar-refractivity contribution in [3.63, 3.8) is 0 Å². The van der Waals surface area contributed by atoms with Crippen molar-refractivity contribution < 1.29 is 0 Å². The minimum absolute atomic E-state index is 0.261. The van der Waals surface area contributed by atoms with Gasteiger partial charge in [-0.15, -0.1) is 0 Å². The molecule has 0 saturated heterocycles. The standard InChI is InChI=1S/C16H32N4/c1-6-7-8-9-19(13(2)3)15(10-17)16-11-18-12-20(16)14(4)5/h11-15H,6-10,17H2,1-5H3. The molecule has 0 aromatic carbocycles. The molecule has 20 heavy (non-hydrogen) atoms. The first-order chi connectivity index (χ1) is 9.52. The van der Waals surface area contributed by atoms with Crippen LogP contribution in [0.15, 0.2) is 12.5 Å². The molecule has 1 heterocycles. The fourth-order valence-electron chi connectivity index (χ4n) is 2.75. The Labute approximate surface area is 124 Å². The smallest absolute Gasteiger partial charge is 0.0951 e. The van der Waals surface area contributed by atoms with E-state index in [1.807, 2.05) is 12.5 Å². The molecule has 0 radical (unpaired) electrons. The Hall–Kier alpha value is -0.870. The molecule has 0 bridgehead atoms. The molecule has 1 aromatic heterocycles. The molecule has 0 aliphatic rings. The zero-order valence-electron chi connectivity index (χ0n) is 13.8. The van der Waals surface area contributed by atoms with Crippen molar-refractivity contribution in [2.24, 2.45) is 5.73 Å². The van der Waals surface area contributed by atoms with Crippen molar-refractivity contribution in [1.82, 2.24) is 14.5 Å². The first-order valence-corrected chi connectivity index (χ1v) is 8.00. The summed E-state index contributed by atoms with van der Waals surface area (Å²) in [6.07, 6.45) is 7.67. The Bertz CT molecular complexity index is 370. The summed E-state index contributed by atoms with van der Waals surface area (Å²) in [4.78, 5) is 6.85. The number of nitrogens with zero attached hydrogens (tertiary/aromatic N) is 3. The molecule has 4 heteroatoms. The number of hydrogen-bond donors (Lipinski definition) is 1. The van der Waals surface area contributed by atoms with E-state index in [1.165, 1.54) is 25.0 Å². The highest BCUT2D eigenvalue weighted by molar-refractivity contribution is 5.08. The number of rotatable bonds is 9. The van der Waals surface area contributed by atoms with E-state index in [9.17, 15) is 0 Å². The molecule has 1 rings (SSSR count). The van der Waals surface area contributed by atoms with Gasteiger partial charge >= 0.3 is 0 Å². The van der Waals surface area contributed by atoms with Crippen LogP contribution in [-0.4, -0.2) is 33.6 Å². The van der Waals surface area contributed by atoms with Crippen LogP contribution in [-0.2, 0) is 0 Å². The third-order valence-electron chi connectivity index (χ3n) is 3.90. The monoisotopic (exact) mass is 280 g/mol. The van der Waals surface area contributed by atoms with Crippen LogP contribution in [0, 0.1) is 0 Å². The average molecular weight is 280 g/mol. The third kappa shape index (κ3) is 4.32. The third-order valence-corrected chi connectivity index (χ3v) is 3.90. The fourth-order valence-corrected chi connectivity index (χ4v) is 2.75. The molecule has 116 valence electrons. The highest BCUT2D eigenvalue weighted by atomic mass is 15.2. The Balaban J connectivity index is 2.91. The number of hydrogen-bond acceptors (Lipinski definition) is 3. The summed E-state index contributed by atoms with van der Waals surface area (Å²) in [6.45, 7) is 12.9. The minimum Gasteiger partial charge on any atom is -0.331 e. The summed E-state index contributed by atoms with van der Waals surface area (Å²) in [7, 11) is 0. The summed E-state index contributed by atoms with van der Waals surface area (Å²) >= 11 is 0. The van der Waals surface area contributed by atoms with Gasteiger partial charge in [-0.25, -0.2) is 4.98 Å². The Morgan fingerprint density at radius 2 is 1.95 bits per heavy atom. The maximum absolute atomic E-state index is 6.09. The summed E-state index contributed by atoms with van der Waals surface area (Å²) in [5, 5.41) is 0. The van der Waals surface area contributed by atoms with Crippen molar-refractivity contribution in [1.29, 1.82) is 0 Å². The topological polar surface area (TPSA) is 47.1 Å². The van der Waals surface area contributed by atoms with Crippen LogP contribution in [0.3, 0.4) is 0 Å². The normalized spacial score (nSPS) is 13.7. The number of unbranched alkanes of at least 4 members (excludes halogenated alkanes) is 2. The molecule has 0 fully saturated rings. The molecule has 1 unspecified atom stereocenters. The van der Waals surface area contributed by atoms with Crippen LogP contribution in [0.1, 0.15) is 71.7 Å². The highest BCUT2D eigenvalue weighted by Crippen LogP contribution is 2.24. The summed E-state index contributed by atoms with van der Waals surface area (Å²) in [5.74, 6) is 0. The van der Waals surface area contributed by atoms with Gasteiger partial charge in [-0.05, 0) is 40.7 Å². The van der Waals surface area contributed by atoms with Crippen molar-refractivity contribution in [2.75, 3.05) is 13.1 Å². The van der Waals surface area contributed by atoms with Crippen LogP contribution in [0.4, 0.5) is 0 Å². The van der Waals surface area contributed by atoms with E-state index in [0.717, 1.165) is 6.54 Å². The Morgan fingerprint density at radius 3 is 2.45 bits per heavy atom. The second-order valence-corrected chi connectivity index (χ2v) is 6.11. The zero-order chi connectivity index (χ0) is 15.1. The fraction of sp³-hybridized carbons (Fsp3) is 0.812. The number of imidazole rings is 1. The largest absolute Gasteiger partial charge is 0.331 e. The van der Waals surface area contributed by atoms with Gasteiger partial charge in [0.1, 0.15) is 0 Å². The van der Waals surface area contributed by atoms with Gasteiger partial charge in [0.2, 0.25) is 0 Å². The lowest BCUT2D eigenvalue weighted by Gasteiger charge is -2.35. The molecule has 2 N–H and O–H groups in total. The van der Waals surface area contributed by atoms with E-state index in [2.05, 4.69) is 49.1 Å². The zero-order valence-corrected chi connectivity index (χ0v) is 13.8. The molecule has 0 aliphatic heterocycles. The summed E-state index contributed by atoms with van der Waals surface area (Å²) < 4.78 is 2.24. The van der Waals surface area contributed by atoms with Crippen molar-refractivity contribution >= 4 is 0 Å². The molecule has 0 amide bonds. The van der Waals surface area contributed by atoms with Crippen LogP contribution >= 0.6 is 0 Å². The van der Waals surface area contributed by atoms with Gasteiger partial charge in [-0.2, -0.15) is 0 Å². The molecular weight excluding hydrogens is 248 g/mol. The highest BCUT2D eigenvalue weighted by Gasteiger charge is 2.24. The van der Waals surface area contributed by atoms with Crippen LogP contribution < -0.4 is 5.73 Å². The SMILES string of the molecule is CCCCCN(C(C)C)C(CN)c1cncn1C(C)C. The van der Waals surface area contributed by atoms with Gasteiger partial charge in [0, 0.05) is 24.8 Å². The van der Waals surface area contributed by atoms with Gasteiger partial charge in [0.15, 0.2) is 0 Å². The van der Waals surface area contributed by atoms with E-state index in [4.69, 9.17) is 5.73 Å². The van der Waals surface area contributed by atoms with Crippen LogP contribution in [0.2, 0.25) is 0 Å². The van der Waals surface area contributed by atoms with E-state index in [0.29, 0.717) is 18.6 Å². The van der Waals surface area contributed by atoms with Gasteiger partial charge in [0.25, 0.3) is 0 Å². The van der Waals surface area contributed by atoms with Crippen LogP contribution in [0.5, 0.6) is 0 Å². The molecular formula is C16H32N4. The first kappa shape index (κ1) is 17.2. The molecule has 1 aromatic rings. The number of aromatic nitrogens is 2. The molecule has 0 spiro atoms. The van der Waals surface area contributed by atoms with Gasteiger partial charge in [0.05, 0.1) is 18.1 Å². The second-order valence-electron chi connectivity index (χ2n) is 6.11. The lowest BCUT2D eigenvalue weighted by atomic mass is 10.1. The van der Waals surface area contributed by atoms with Gasteiger partial charge in [-0.1, -0.05) is 19.8 Å². The van der Waals surface area contributed by atoms with Crippen molar-refractivity contribution in [3.8, 4) is 0 Å². The van der Waals surface area contributed by atoms with E-state index in [-0.39, 0.29) is 6.04 Å².